The van der Waals surface area contributed by atoms with E-state index in [1.165, 1.54) is 36.4 Å². The fourth-order valence-electron chi connectivity index (χ4n) is 2.29. The van der Waals surface area contributed by atoms with Crippen LogP contribution in [0.2, 0.25) is 0 Å². The van der Waals surface area contributed by atoms with Crippen molar-refractivity contribution in [1.29, 1.82) is 0 Å². The van der Waals surface area contributed by atoms with Gasteiger partial charge in [-0.25, -0.2) is 17.8 Å². The Labute approximate surface area is 150 Å². The molecule has 0 atom stereocenters. The summed E-state index contributed by atoms with van der Waals surface area (Å²) in [5.74, 6) is -0.515. The third-order valence-corrected chi connectivity index (χ3v) is 5.81. The first-order chi connectivity index (χ1) is 12.1. The van der Waals surface area contributed by atoms with Crippen LogP contribution in [0.15, 0.2) is 53.4 Å². The first-order valence-electron chi connectivity index (χ1n) is 7.20. The minimum Gasteiger partial charge on any atom is -0.231 e. The minimum atomic E-state index is -4.62. The standard InChI is InChI=1S/C17H11F4NO2S2/c1-26(23,24)13-8-4-11(5-9-13)15-14(10-2-6-12(18)7-3-10)22-16(25-15)17(19,20)21/h2-9H,1H3. The molecule has 1 aromatic heterocycles. The molecule has 0 aliphatic carbocycles. The Kier molecular flexibility index (Phi) is 4.61. The lowest BCUT2D eigenvalue weighted by molar-refractivity contribution is -0.137. The quantitative estimate of drug-likeness (QED) is 0.578. The van der Waals surface area contributed by atoms with Gasteiger partial charge in [0.1, 0.15) is 5.82 Å². The average Bonchev–Trinajstić information content (AvgIpc) is 3.00. The third-order valence-electron chi connectivity index (χ3n) is 3.53. The maximum atomic E-state index is 13.1. The minimum absolute atomic E-state index is 0.0603. The number of sulfone groups is 1. The number of rotatable bonds is 3. The Morgan fingerprint density at radius 3 is 1.96 bits per heavy atom. The molecule has 3 rings (SSSR count). The molecule has 0 aliphatic rings. The smallest absolute Gasteiger partial charge is 0.231 e. The lowest BCUT2D eigenvalue weighted by Gasteiger charge is -2.04. The molecule has 0 bridgehead atoms. The molecule has 26 heavy (non-hydrogen) atoms. The van der Waals surface area contributed by atoms with E-state index in [-0.39, 0.29) is 15.5 Å². The summed E-state index contributed by atoms with van der Waals surface area (Å²) in [7, 11) is -3.42. The highest BCUT2D eigenvalue weighted by Crippen LogP contribution is 2.42. The van der Waals surface area contributed by atoms with Crippen LogP contribution >= 0.6 is 11.3 Å². The third kappa shape index (κ3) is 3.78. The van der Waals surface area contributed by atoms with E-state index in [1.807, 2.05) is 0 Å². The summed E-state index contributed by atoms with van der Waals surface area (Å²) in [6.07, 6.45) is -3.58. The monoisotopic (exact) mass is 401 g/mol. The predicted octanol–water partition coefficient (Wildman–Crippen LogP) is 5.04. The molecule has 2 aromatic carbocycles. The van der Waals surface area contributed by atoms with Crippen LogP contribution < -0.4 is 0 Å². The fraction of sp³-hybridized carbons (Fsp3) is 0.118. The first kappa shape index (κ1) is 18.5. The van der Waals surface area contributed by atoms with Gasteiger partial charge in [-0.3, -0.25) is 0 Å². The zero-order valence-electron chi connectivity index (χ0n) is 13.2. The Hall–Kier alpha value is -2.26. The number of hydrogen-bond donors (Lipinski definition) is 0. The van der Waals surface area contributed by atoms with Gasteiger partial charge in [0.25, 0.3) is 0 Å². The van der Waals surface area contributed by atoms with Crippen molar-refractivity contribution in [3.63, 3.8) is 0 Å². The maximum Gasteiger partial charge on any atom is 0.443 e. The largest absolute Gasteiger partial charge is 0.443 e. The molecule has 1 heterocycles. The number of hydrogen-bond acceptors (Lipinski definition) is 4. The normalized spacial score (nSPS) is 12.3. The molecule has 3 aromatic rings. The number of halogens is 4. The Bertz CT molecular complexity index is 1040. The van der Waals surface area contributed by atoms with Gasteiger partial charge in [0.2, 0.25) is 0 Å². The van der Waals surface area contributed by atoms with Crippen molar-refractivity contribution in [3.05, 3.63) is 59.4 Å². The number of aromatic nitrogens is 1. The summed E-state index contributed by atoms with van der Waals surface area (Å²) in [4.78, 5) is 3.97. The van der Waals surface area contributed by atoms with Gasteiger partial charge in [-0.2, -0.15) is 13.2 Å². The topological polar surface area (TPSA) is 47.0 Å². The van der Waals surface area contributed by atoms with Crippen LogP contribution in [0.5, 0.6) is 0 Å². The van der Waals surface area contributed by atoms with E-state index in [9.17, 15) is 26.0 Å². The number of benzene rings is 2. The van der Waals surface area contributed by atoms with Crippen molar-refractivity contribution >= 4 is 21.2 Å². The maximum absolute atomic E-state index is 13.1. The Morgan fingerprint density at radius 2 is 1.46 bits per heavy atom. The van der Waals surface area contributed by atoms with Crippen molar-refractivity contribution in [2.24, 2.45) is 0 Å². The second kappa shape index (κ2) is 6.48. The van der Waals surface area contributed by atoms with Crippen molar-refractivity contribution < 1.29 is 26.0 Å². The van der Waals surface area contributed by atoms with Gasteiger partial charge in [0, 0.05) is 11.8 Å². The van der Waals surface area contributed by atoms with E-state index >= 15 is 0 Å². The molecule has 0 saturated heterocycles. The molecule has 136 valence electrons. The van der Waals surface area contributed by atoms with Gasteiger partial charge < -0.3 is 0 Å². The summed E-state index contributed by atoms with van der Waals surface area (Å²) in [6, 6.07) is 10.5. The van der Waals surface area contributed by atoms with Crippen molar-refractivity contribution in [3.8, 4) is 21.7 Å². The highest BCUT2D eigenvalue weighted by atomic mass is 32.2. The van der Waals surface area contributed by atoms with Crippen LogP contribution in [-0.4, -0.2) is 19.7 Å². The van der Waals surface area contributed by atoms with Crippen molar-refractivity contribution in [1.82, 2.24) is 4.98 Å². The molecule has 0 aliphatic heterocycles. The molecule has 3 nitrogen and oxygen atoms in total. The average molecular weight is 401 g/mol. The van der Waals surface area contributed by atoms with Gasteiger partial charge in [-0.15, -0.1) is 11.3 Å². The van der Waals surface area contributed by atoms with Crippen LogP contribution in [0.4, 0.5) is 17.6 Å². The molecule has 0 spiro atoms. The van der Waals surface area contributed by atoms with Gasteiger partial charge in [0.15, 0.2) is 14.8 Å². The summed E-state index contributed by atoms with van der Waals surface area (Å²) in [6.45, 7) is 0. The summed E-state index contributed by atoms with van der Waals surface area (Å²) >= 11 is 0.453. The van der Waals surface area contributed by atoms with Crippen LogP contribution in [0.1, 0.15) is 5.01 Å². The van der Waals surface area contributed by atoms with E-state index in [0.717, 1.165) is 18.4 Å². The summed E-state index contributed by atoms with van der Waals surface area (Å²) in [5, 5.41) is -1.03. The van der Waals surface area contributed by atoms with E-state index < -0.39 is 26.8 Å². The highest BCUT2D eigenvalue weighted by Gasteiger charge is 2.36. The zero-order valence-corrected chi connectivity index (χ0v) is 14.8. The van der Waals surface area contributed by atoms with Gasteiger partial charge in [0.05, 0.1) is 15.5 Å². The van der Waals surface area contributed by atoms with E-state index in [2.05, 4.69) is 4.98 Å². The second-order valence-corrected chi connectivity index (χ2v) is 8.51. The molecular weight excluding hydrogens is 390 g/mol. The number of nitrogens with zero attached hydrogens (tertiary/aromatic N) is 1. The first-order valence-corrected chi connectivity index (χ1v) is 9.91. The summed E-state index contributed by atoms with van der Waals surface area (Å²) < 4.78 is 75.5. The number of thiazole rings is 1. The number of alkyl halides is 3. The van der Waals surface area contributed by atoms with Crippen LogP contribution in [0.25, 0.3) is 21.7 Å². The van der Waals surface area contributed by atoms with E-state index in [0.29, 0.717) is 22.5 Å². The van der Waals surface area contributed by atoms with Gasteiger partial charge in [-0.1, -0.05) is 12.1 Å². The fourth-order valence-corrected chi connectivity index (χ4v) is 3.88. The molecule has 0 saturated carbocycles. The predicted molar refractivity (Wildman–Crippen MR) is 91.1 cm³/mol. The molecule has 0 radical (unpaired) electrons. The van der Waals surface area contributed by atoms with Crippen LogP contribution in [0.3, 0.4) is 0 Å². The molecule has 0 fully saturated rings. The zero-order chi connectivity index (χ0) is 19.1. The molecular formula is C17H11F4NO2S2. The highest BCUT2D eigenvalue weighted by molar-refractivity contribution is 7.90. The van der Waals surface area contributed by atoms with Crippen LogP contribution in [0, 0.1) is 5.82 Å². The van der Waals surface area contributed by atoms with Gasteiger partial charge >= 0.3 is 6.18 Å². The lowest BCUT2D eigenvalue weighted by Crippen LogP contribution is -2.03. The Balaban J connectivity index is 2.16. The second-order valence-electron chi connectivity index (χ2n) is 5.50. The molecule has 0 unspecified atom stereocenters. The van der Waals surface area contributed by atoms with Gasteiger partial charge in [-0.05, 0) is 42.0 Å². The molecule has 0 amide bonds. The lowest BCUT2D eigenvalue weighted by atomic mass is 10.1. The molecule has 9 heteroatoms. The van der Waals surface area contributed by atoms with Crippen LogP contribution in [-0.2, 0) is 16.0 Å². The van der Waals surface area contributed by atoms with E-state index in [4.69, 9.17) is 0 Å². The Morgan fingerprint density at radius 1 is 0.923 bits per heavy atom. The molecule has 0 N–H and O–H groups in total. The summed E-state index contributed by atoms with van der Waals surface area (Å²) in [5.41, 5.74) is 0.791. The van der Waals surface area contributed by atoms with Crippen molar-refractivity contribution in [2.75, 3.05) is 6.26 Å². The van der Waals surface area contributed by atoms with Crippen molar-refractivity contribution in [2.45, 2.75) is 11.1 Å². The SMILES string of the molecule is CS(=O)(=O)c1ccc(-c2sc(C(F)(F)F)nc2-c2ccc(F)cc2)cc1. The van der Waals surface area contributed by atoms with E-state index in [1.54, 1.807) is 0 Å².